The molecule has 0 saturated carbocycles. The van der Waals surface area contributed by atoms with Crippen molar-refractivity contribution in [1.29, 1.82) is 0 Å². The lowest BCUT2D eigenvalue weighted by Gasteiger charge is -2.20. The van der Waals surface area contributed by atoms with E-state index in [0.29, 0.717) is 11.4 Å². The first kappa shape index (κ1) is 17.6. The minimum atomic E-state index is -0.553. The van der Waals surface area contributed by atoms with Crippen LogP contribution in [0.15, 0.2) is 42.5 Å². The van der Waals surface area contributed by atoms with Crippen molar-refractivity contribution in [3.63, 3.8) is 0 Å². The van der Waals surface area contributed by atoms with Crippen molar-refractivity contribution < 1.29 is 14.6 Å². The minimum absolute atomic E-state index is 0.0558. The highest BCUT2D eigenvalue weighted by Gasteiger charge is 2.16. The smallest absolute Gasteiger partial charge is 0.412 e. The number of carbonyl (C=O) groups excluding carboxylic acids is 1. The number of carbonyl (C=O) groups is 1. The number of nitrogen functional groups attached to an aromatic ring is 1. The van der Waals surface area contributed by atoms with Gasteiger partial charge in [0, 0.05) is 11.4 Å². The molecule has 0 radical (unpaired) electrons. The second-order valence-corrected chi connectivity index (χ2v) is 6.41. The quantitative estimate of drug-likeness (QED) is 0.639. The molecule has 128 valence electrons. The van der Waals surface area contributed by atoms with E-state index in [0.717, 1.165) is 16.9 Å². The standard InChI is InChI=1S/C18H23N3O3/c1-18(2,3)24-17(23)21-14-6-4-5-13(10-14)20-16-8-7-12(11-22)9-15(16)19/h4-10,20,22H,11,19H2,1-3H3,(H,21,23). The zero-order chi connectivity index (χ0) is 17.7. The van der Waals surface area contributed by atoms with Crippen LogP contribution in [0, 0.1) is 0 Å². The maximum Gasteiger partial charge on any atom is 0.412 e. The lowest BCUT2D eigenvalue weighted by molar-refractivity contribution is 0.0636. The van der Waals surface area contributed by atoms with Crippen molar-refractivity contribution in [1.82, 2.24) is 0 Å². The molecule has 24 heavy (non-hydrogen) atoms. The molecular weight excluding hydrogens is 306 g/mol. The van der Waals surface area contributed by atoms with Crippen LogP contribution in [-0.2, 0) is 11.3 Å². The maximum atomic E-state index is 11.8. The molecular formula is C18H23N3O3. The van der Waals surface area contributed by atoms with Crippen LogP contribution in [0.25, 0.3) is 0 Å². The van der Waals surface area contributed by atoms with Crippen LogP contribution >= 0.6 is 0 Å². The summed E-state index contributed by atoms with van der Waals surface area (Å²) in [6.07, 6.45) is -0.508. The fourth-order valence-electron chi connectivity index (χ4n) is 2.08. The number of rotatable bonds is 4. The molecule has 6 nitrogen and oxygen atoms in total. The SMILES string of the molecule is CC(C)(C)OC(=O)Nc1cccc(Nc2ccc(CO)cc2N)c1. The van der Waals surface area contributed by atoms with Crippen LogP contribution in [0.2, 0.25) is 0 Å². The van der Waals surface area contributed by atoms with Crippen molar-refractivity contribution in [3.8, 4) is 0 Å². The van der Waals surface area contributed by atoms with Gasteiger partial charge in [-0.1, -0.05) is 12.1 Å². The number of amides is 1. The van der Waals surface area contributed by atoms with Gasteiger partial charge in [0.15, 0.2) is 0 Å². The third-order valence-electron chi connectivity index (χ3n) is 3.09. The predicted molar refractivity (Wildman–Crippen MR) is 96.4 cm³/mol. The Bertz CT molecular complexity index is 724. The first-order valence-electron chi connectivity index (χ1n) is 7.63. The predicted octanol–water partition coefficient (Wildman–Crippen LogP) is 3.85. The number of aliphatic hydroxyl groups is 1. The summed E-state index contributed by atoms with van der Waals surface area (Å²) >= 11 is 0. The highest BCUT2D eigenvalue weighted by molar-refractivity contribution is 5.86. The molecule has 0 aliphatic rings. The summed E-state index contributed by atoms with van der Waals surface area (Å²) in [5, 5.41) is 15.0. The van der Waals surface area contributed by atoms with Gasteiger partial charge in [0.25, 0.3) is 0 Å². The van der Waals surface area contributed by atoms with Crippen molar-refractivity contribution in [2.24, 2.45) is 0 Å². The summed E-state index contributed by atoms with van der Waals surface area (Å²) in [6.45, 7) is 5.37. The van der Waals surface area contributed by atoms with E-state index >= 15 is 0 Å². The van der Waals surface area contributed by atoms with Crippen LogP contribution in [0.4, 0.5) is 27.5 Å². The van der Waals surface area contributed by atoms with Crippen molar-refractivity contribution in [2.75, 3.05) is 16.4 Å². The Kier molecular flexibility index (Phi) is 5.31. The fraction of sp³-hybridized carbons (Fsp3) is 0.278. The number of anilines is 4. The first-order chi connectivity index (χ1) is 11.3. The van der Waals surface area contributed by atoms with Gasteiger partial charge in [0.2, 0.25) is 0 Å². The third kappa shape index (κ3) is 5.17. The zero-order valence-electron chi connectivity index (χ0n) is 14.1. The van der Waals surface area contributed by atoms with Gasteiger partial charge in [0.1, 0.15) is 5.60 Å². The average molecular weight is 329 g/mol. The molecule has 6 heteroatoms. The number of hydrogen-bond acceptors (Lipinski definition) is 5. The van der Waals surface area contributed by atoms with Gasteiger partial charge in [-0.2, -0.15) is 0 Å². The molecule has 0 heterocycles. The Morgan fingerprint density at radius 1 is 1.17 bits per heavy atom. The molecule has 0 spiro atoms. The summed E-state index contributed by atoms with van der Waals surface area (Å²) in [5.74, 6) is 0. The van der Waals surface area contributed by atoms with Gasteiger partial charge in [-0.25, -0.2) is 4.79 Å². The molecule has 5 N–H and O–H groups in total. The molecule has 2 rings (SSSR count). The van der Waals surface area contributed by atoms with Gasteiger partial charge in [-0.3, -0.25) is 5.32 Å². The fourth-order valence-corrected chi connectivity index (χ4v) is 2.08. The van der Waals surface area contributed by atoms with Crippen LogP contribution in [-0.4, -0.2) is 16.8 Å². The van der Waals surface area contributed by atoms with E-state index in [2.05, 4.69) is 10.6 Å². The molecule has 0 aliphatic carbocycles. The monoisotopic (exact) mass is 329 g/mol. The normalized spacial score (nSPS) is 11.0. The number of hydrogen-bond donors (Lipinski definition) is 4. The number of benzene rings is 2. The molecule has 0 bridgehead atoms. The van der Waals surface area contributed by atoms with Gasteiger partial charge in [0.05, 0.1) is 18.0 Å². The molecule has 2 aromatic rings. The average Bonchev–Trinajstić information content (AvgIpc) is 2.47. The van der Waals surface area contributed by atoms with Crippen molar-refractivity contribution in [3.05, 3.63) is 48.0 Å². The van der Waals surface area contributed by atoms with Crippen LogP contribution in [0.1, 0.15) is 26.3 Å². The van der Waals surface area contributed by atoms with E-state index in [1.165, 1.54) is 0 Å². The Hall–Kier alpha value is -2.73. The summed E-state index contributed by atoms with van der Waals surface area (Å²) in [7, 11) is 0. The molecule has 1 amide bonds. The Balaban J connectivity index is 2.09. The van der Waals surface area contributed by atoms with Crippen LogP contribution in [0.5, 0.6) is 0 Å². The van der Waals surface area contributed by atoms with Gasteiger partial charge >= 0.3 is 6.09 Å². The summed E-state index contributed by atoms with van der Waals surface area (Å²) in [4.78, 5) is 11.8. The Labute approximate surface area is 141 Å². The number of ether oxygens (including phenoxy) is 1. The first-order valence-corrected chi connectivity index (χ1v) is 7.63. The lowest BCUT2D eigenvalue weighted by atomic mass is 10.1. The number of nitrogens with two attached hydrogens (primary N) is 1. The van der Waals surface area contributed by atoms with E-state index in [4.69, 9.17) is 15.6 Å². The van der Waals surface area contributed by atoms with E-state index in [-0.39, 0.29) is 6.61 Å². The van der Waals surface area contributed by atoms with Gasteiger partial charge in [-0.15, -0.1) is 0 Å². The van der Waals surface area contributed by atoms with Crippen LogP contribution in [0.3, 0.4) is 0 Å². The van der Waals surface area contributed by atoms with E-state index in [1.54, 1.807) is 30.3 Å². The zero-order valence-corrected chi connectivity index (χ0v) is 14.1. The lowest BCUT2D eigenvalue weighted by Crippen LogP contribution is -2.27. The second kappa shape index (κ2) is 7.23. The molecule has 2 aromatic carbocycles. The Morgan fingerprint density at radius 2 is 1.88 bits per heavy atom. The second-order valence-electron chi connectivity index (χ2n) is 6.41. The van der Waals surface area contributed by atoms with Crippen molar-refractivity contribution in [2.45, 2.75) is 33.0 Å². The largest absolute Gasteiger partial charge is 0.444 e. The van der Waals surface area contributed by atoms with E-state index < -0.39 is 11.7 Å². The van der Waals surface area contributed by atoms with Crippen LogP contribution < -0.4 is 16.4 Å². The van der Waals surface area contributed by atoms with E-state index in [9.17, 15) is 4.79 Å². The third-order valence-corrected chi connectivity index (χ3v) is 3.09. The highest BCUT2D eigenvalue weighted by atomic mass is 16.6. The number of aliphatic hydroxyl groups excluding tert-OH is 1. The molecule has 0 saturated heterocycles. The molecule has 0 atom stereocenters. The van der Waals surface area contributed by atoms with Gasteiger partial charge in [-0.05, 0) is 56.7 Å². The highest BCUT2D eigenvalue weighted by Crippen LogP contribution is 2.26. The molecule has 0 aromatic heterocycles. The Morgan fingerprint density at radius 3 is 2.50 bits per heavy atom. The molecule has 0 fully saturated rings. The van der Waals surface area contributed by atoms with E-state index in [1.807, 2.05) is 32.9 Å². The summed E-state index contributed by atoms with van der Waals surface area (Å²) in [5.41, 5.74) is 8.80. The number of nitrogens with one attached hydrogen (secondary N) is 2. The topological polar surface area (TPSA) is 96.6 Å². The van der Waals surface area contributed by atoms with Crippen molar-refractivity contribution >= 4 is 28.8 Å². The summed E-state index contributed by atoms with van der Waals surface area (Å²) in [6, 6.07) is 12.5. The van der Waals surface area contributed by atoms with Gasteiger partial charge < -0.3 is 20.9 Å². The molecule has 0 aliphatic heterocycles. The molecule has 0 unspecified atom stereocenters. The summed E-state index contributed by atoms with van der Waals surface area (Å²) < 4.78 is 5.23. The minimum Gasteiger partial charge on any atom is -0.444 e. The maximum absolute atomic E-state index is 11.8.